The van der Waals surface area contributed by atoms with Crippen LogP contribution in [0.1, 0.15) is 26.4 Å². The average molecular weight is 390 g/mol. The molecule has 0 saturated heterocycles. The van der Waals surface area contributed by atoms with Crippen LogP contribution in [-0.2, 0) is 11.2 Å². The van der Waals surface area contributed by atoms with Gasteiger partial charge >= 0.3 is 5.97 Å². The summed E-state index contributed by atoms with van der Waals surface area (Å²) < 4.78 is 4.87. The molecule has 3 heterocycles. The molecule has 3 aromatic heterocycles. The van der Waals surface area contributed by atoms with Gasteiger partial charge in [-0.05, 0) is 54.3 Å². The van der Waals surface area contributed by atoms with E-state index in [9.17, 15) is 4.79 Å². The quantitative estimate of drug-likeness (QED) is 0.505. The van der Waals surface area contributed by atoms with Gasteiger partial charge in [-0.1, -0.05) is 12.1 Å². The maximum Gasteiger partial charge on any atom is 0.348 e. The predicted molar refractivity (Wildman–Crippen MR) is 110 cm³/mol. The number of benzene rings is 1. The number of pyridine rings is 1. The van der Waals surface area contributed by atoms with Crippen molar-refractivity contribution < 1.29 is 9.53 Å². The number of rotatable bonds is 5. The molecule has 0 saturated carbocycles. The van der Waals surface area contributed by atoms with E-state index < -0.39 is 0 Å². The number of thiophene rings is 1. The number of anilines is 2. The van der Waals surface area contributed by atoms with Crippen LogP contribution >= 0.6 is 11.3 Å². The molecule has 140 valence electrons. The van der Waals surface area contributed by atoms with Crippen molar-refractivity contribution in [2.24, 2.45) is 0 Å². The maximum absolute atomic E-state index is 12.0. The summed E-state index contributed by atoms with van der Waals surface area (Å²) in [5, 5.41) is 4.18. The molecule has 1 N–H and O–H groups in total. The zero-order valence-corrected chi connectivity index (χ0v) is 16.3. The van der Waals surface area contributed by atoms with Crippen LogP contribution < -0.4 is 5.32 Å². The van der Waals surface area contributed by atoms with Crippen molar-refractivity contribution in [2.75, 3.05) is 12.4 Å². The average Bonchev–Trinajstić information content (AvgIpc) is 3.07. The molecule has 0 bridgehead atoms. The molecule has 0 spiro atoms. The van der Waals surface area contributed by atoms with E-state index in [-0.39, 0.29) is 5.97 Å². The van der Waals surface area contributed by atoms with Crippen LogP contribution in [0.25, 0.3) is 10.2 Å². The minimum Gasteiger partial charge on any atom is -0.465 e. The van der Waals surface area contributed by atoms with Crippen molar-refractivity contribution in [1.29, 1.82) is 0 Å². The first-order valence-corrected chi connectivity index (χ1v) is 9.54. The summed E-state index contributed by atoms with van der Waals surface area (Å²) in [4.78, 5) is 26.0. The first-order valence-electron chi connectivity index (χ1n) is 8.73. The number of carbonyl (C=O) groups excluding carboxylic acids is 1. The smallest absolute Gasteiger partial charge is 0.348 e. The molecular formula is C21H18N4O2S. The van der Waals surface area contributed by atoms with Crippen molar-refractivity contribution >= 4 is 39.0 Å². The molecule has 28 heavy (non-hydrogen) atoms. The lowest BCUT2D eigenvalue weighted by Gasteiger charge is -2.08. The maximum atomic E-state index is 12.0. The van der Waals surface area contributed by atoms with E-state index in [4.69, 9.17) is 4.74 Å². The lowest BCUT2D eigenvalue weighted by Crippen LogP contribution is -2.00. The van der Waals surface area contributed by atoms with E-state index in [2.05, 4.69) is 32.4 Å². The Hall–Kier alpha value is -3.32. The van der Waals surface area contributed by atoms with Crippen LogP contribution in [0.2, 0.25) is 0 Å². The van der Waals surface area contributed by atoms with Gasteiger partial charge in [0.15, 0.2) is 0 Å². The summed E-state index contributed by atoms with van der Waals surface area (Å²) >= 11 is 1.31. The van der Waals surface area contributed by atoms with Gasteiger partial charge in [0.2, 0.25) is 0 Å². The van der Waals surface area contributed by atoms with Gasteiger partial charge in [-0.25, -0.2) is 14.8 Å². The Bertz CT molecular complexity index is 1120. The van der Waals surface area contributed by atoms with Gasteiger partial charge in [0.05, 0.1) is 12.5 Å². The Labute approximate surface area is 166 Å². The Kier molecular flexibility index (Phi) is 4.99. The van der Waals surface area contributed by atoms with E-state index in [0.29, 0.717) is 10.7 Å². The second-order valence-electron chi connectivity index (χ2n) is 6.30. The zero-order chi connectivity index (χ0) is 19.5. The molecule has 4 aromatic rings. The minimum absolute atomic E-state index is 0.355. The van der Waals surface area contributed by atoms with E-state index in [1.54, 1.807) is 12.4 Å². The summed E-state index contributed by atoms with van der Waals surface area (Å²) in [6.07, 6.45) is 5.96. The highest BCUT2D eigenvalue weighted by Crippen LogP contribution is 2.34. The van der Waals surface area contributed by atoms with Gasteiger partial charge < -0.3 is 10.1 Å². The van der Waals surface area contributed by atoms with Crippen LogP contribution in [-0.4, -0.2) is 28.0 Å². The molecule has 0 atom stereocenters. The minimum atomic E-state index is -0.355. The van der Waals surface area contributed by atoms with Gasteiger partial charge in [0.25, 0.3) is 0 Å². The molecule has 1 aromatic carbocycles. The predicted octanol–water partition coefficient (Wildman–Crippen LogP) is 4.52. The number of methoxy groups -OCH3 is 1. The van der Waals surface area contributed by atoms with Crippen LogP contribution in [0.3, 0.4) is 0 Å². The fourth-order valence-corrected chi connectivity index (χ4v) is 4.10. The van der Waals surface area contributed by atoms with Gasteiger partial charge in [0, 0.05) is 18.1 Å². The number of hydrogen-bond donors (Lipinski definition) is 1. The molecule has 0 radical (unpaired) electrons. The van der Waals surface area contributed by atoms with Crippen molar-refractivity contribution in [3.63, 3.8) is 0 Å². The number of nitrogens with one attached hydrogen (secondary N) is 1. The zero-order valence-electron chi connectivity index (χ0n) is 15.5. The van der Waals surface area contributed by atoms with E-state index in [1.165, 1.54) is 35.9 Å². The van der Waals surface area contributed by atoms with Gasteiger partial charge in [-0.2, -0.15) is 0 Å². The largest absolute Gasteiger partial charge is 0.465 e. The Balaban J connectivity index is 1.60. The normalized spacial score (nSPS) is 10.8. The van der Waals surface area contributed by atoms with Gasteiger partial charge in [-0.15, -0.1) is 11.3 Å². The molecule has 0 aliphatic heterocycles. The summed E-state index contributed by atoms with van der Waals surface area (Å²) in [6.45, 7) is 1.89. The Morgan fingerprint density at radius 1 is 1.07 bits per heavy atom. The molecule has 4 rings (SSSR count). The number of aromatic nitrogens is 3. The topological polar surface area (TPSA) is 77.0 Å². The summed E-state index contributed by atoms with van der Waals surface area (Å²) in [6, 6.07) is 12.2. The number of hydrogen-bond acceptors (Lipinski definition) is 7. The van der Waals surface area contributed by atoms with E-state index in [0.717, 1.165) is 27.9 Å². The third kappa shape index (κ3) is 3.57. The summed E-state index contributed by atoms with van der Waals surface area (Å²) in [5.41, 5.74) is 4.18. The lowest BCUT2D eigenvalue weighted by molar-refractivity contribution is 0.0605. The highest BCUT2D eigenvalue weighted by atomic mass is 32.1. The molecule has 0 amide bonds. The van der Waals surface area contributed by atoms with Crippen molar-refractivity contribution in [3.05, 3.63) is 76.7 Å². The molecule has 0 aliphatic carbocycles. The van der Waals surface area contributed by atoms with E-state index in [1.807, 2.05) is 31.2 Å². The lowest BCUT2D eigenvalue weighted by atomic mass is 10.1. The monoisotopic (exact) mass is 390 g/mol. The molecule has 6 nitrogen and oxygen atoms in total. The van der Waals surface area contributed by atoms with Gasteiger partial charge in [-0.3, -0.25) is 4.98 Å². The number of carbonyl (C=O) groups is 1. The third-order valence-electron chi connectivity index (χ3n) is 4.47. The molecule has 7 heteroatoms. The van der Waals surface area contributed by atoms with Crippen LogP contribution in [0.4, 0.5) is 11.5 Å². The highest BCUT2D eigenvalue weighted by molar-refractivity contribution is 7.20. The summed E-state index contributed by atoms with van der Waals surface area (Å²) in [7, 11) is 1.38. The SMILES string of the molecule is COC(=O)c1sc2ncnc(Nc3ccc(Cc4ccncc4)cc3)c2c1C. The first kappa shape index (κ1) is 18.1. The molecule has 0 aliphatic rings. The second kappa shape index (κ2) is 7.74. The highest BCUT2D eigenvalue weighted by Gasteiger charge is 2.19. The standard InChI is InChI=1S/C21H18N4O2S/c1-13-17-19(23-12-24-20(17)28-18(13)21(26)27-2)25-16-5-3-14(4-6-16)11-15-7-9-22-10-8-15/h3-10,12H,11H2,1-2H3,(H,23,24,25). The van der Waals surface area contributed by atoms with Crippen molar-refractivity contribution in [1.82, 2.24) is 15.0 Å². The second-order valence-corrected chi connectivity index (χ2v) is 7.30. The third-order valence-corrected chi connectivity index (χ3v) is 5.65. The number of nitrogens with zero attached hydrogens (tertiary/aromatic N) is 3. The summed E-state index contributed by atoms with van der Waals surface area (Å²) in [5.74, 6) is 0.322. The fourth-order valence-electron chi connectivity index (χ4n) is 3.03. The molecular weight excluding hydrogens is 372 g/mol. The van der Waals surface area contributed by atoms with Crippen molar-refractivity contribution in [3.8, 4) is 0 Å². The van der Waals surface area contributed by atoms with Crippen LogP contribution in [0.15, 0.2) is 55.1 Å². The Morgan fingerprint density at radius 2 is 1.79 bits per heavy atom. The number of ether oxygens (including phenoxy) is 1. The number of fused-ring (bicyclic) bond motifs is 1. The van der Waals surface area contributed by atoms with Crippen LogP contribution in [0.5, 0.6) is 0 Å². The number of aryl methyl sites for hydroxylation is 1. The van der Waals surface area contributed by atoms with Gasteiger partial charge in [0.1, 0.15) is 21.9 Å². The molecule has 0 unspecified atom stereocenters. The Morgan fingerprint density at radius 3 is 2.50 bits per heavy atom. The molecule has 0 fully saturated rings. The number of esters is 1. The first-order chi connectivity index (χ1) is 13.7. The fraction of sp³-hybridized carbons (Fsp3) is 0.143. The van der Waals surface area contributed by atoms with Crippen LogP contribution in [0, 0.1) is 6.92 Å². The van der Waals surface area contributed by atoms with E-state index >= 15 is 0 Å². The van der Waals surface area contributed by atoms with Crippen molar-refractivity contribution in [2.45, 2.75) is 13.3 Å².